The van der Waals surface area contributed by atoms with E-state index in [1.54, 1.807) is 7.11 Å². The average Bonchev–Trinajstić information content (AvgIpc) is 2.88. The first-order valence-electron chi connectivity index (χ1n) is 12.2. The van der Waals surface area contributed by atoms with Crippen LogP contribution >= 0.6 is 0 Å². The number of benzene rings is 2. The van der Waals surface area contributed by atoms with Crippen LogP contribution in [0.15, 0.2) is 42.6 Å². The molecular formula is C27H31FN4O3. The molecule has 2 heterocycles. The predicted molar refractivity (Wildman–Crippen MR) is 133 cm³/mol. The standard InChI is InChI=1S/C27H31FN4O3/c1-34-19-7-8-24-21(11-19)20(22(28)14-31-24)12-23(29)17-3-5-18(6-4-17)30-13-16-2-9-26-25(10-16)32-27(33)15-35-26/h2,7-11,14,17-18,23,30H,3-6,12-13,15,29H2,1H3,(H,32,33). The number of nitrogens with zero attached hydrogens (tertiary/aromatic N) is 1. The van der Waals surface area contributed by atoms with Crippen molar-refractivity contribution >= 4 is 22.5 Å². The first-order chi connectivity index (χ1) is 17.0. The summed E-state index contributed by atoms with van der Waals surface area (Å²) in [5.41, 5.74) is 9.80. The van der Waals surface area contributed by atoms with Crippen LogP contribution in [0.4, 0.5) is 10.1 Å². The molecule has 1 atom stereocenters. The molecule has 1 fully saturated rings. The number of rotatable bonds is 7. The largest absolute Gasteiger partial charge is 0.497 e. The highest BCUT2D eigenvalue weighted by atomic mass is 19.1. The second kappa shape index (κ2) is 10.2. The topological polar surface area (TPSA) is 98.5 Å². The second-order valence-corrected chi connectivity index (χ2v) is 9.50. The molecule has 0 bridgehead atoms. The van der Waals surface area contributed by atoms with Crippen molar-refractivity contribution in [3.63, 3.8) is 0 Å². The quantitative estimate of drug-likeness (QED) is 0.476. The predicted octanol–water partition coefficient (Wildman–Crippen LogP) is 3.93. The summed E-state index contributed by atoms with van der Waals surface area (Å²) in [6.45, 7) is 0.786. The zero-order valence-electron chi connectivity index (χ0n) is 19.9. The van der Waals surface area contributed by atoms with E-state index in [2.05, 4.69) is 15.6 Å². The molecule has 4 N–H and O–H groups in total. The molecule has 0 saturated heterocycles. The summed E-state index contributed by atoms with van der Waals surface area (Å²) >= 11 is 0. The Hall–Kier alpha value is -3.23. The number of methoxy groups -OCH3 is 1. The lowest BCUT2D eigenvalue weighted by Gasteiger charge is -2.33. The van der Waals surface area contributed by atoms with Gasteiger partial charge in [0.1, 0.15) is 17.3 Å². The molecule has 0 spiro atoms. The smallest absolute Gasteiger partial charge is 0.262 e. The van der Waals surface area contributed by atoms with Gasteiger partial charge in [-0.2, -0.15) is 0 Å². The Labute approximate surface area is 204 Å². The van der Waals surface area contributed by atoms with Crippen LogP contribution < -0.4 is 25.8 Å². The molecule has 1 aliphatic heterocycles. The van der Waals surface area contributed by atoms with E-state index in [0.717, 1.165) is 54.4 Å². The molecule has 0 radical (unpaired) electrons. The highest BCUT2D eigenvalue weighted by molar-refractivity contribution is 5.95. The Bertz CT molecular complexity index is 1230. The number of nitrogens with two attached hydrogens (primary N) is 1. The van der Waals surface area contributed by atoms with Gasteiger partial charge in [-0.25, -0.2) is 4.39 Å². The van der Waals surface area contributed by atoms with E-state index < -0.39 is 0 Å². The number of hydrogen-bond acceptors (Lipinski definition) is 6. The number of fused-ring (bicyclic) bond motifs is 2. The van der Waals surface area contributed by atoms with Gasteiger partial charge in [0, 0.05) is 29.6 Å². The van der Waals surface area contributed by atoms with Crippen molar-refractivity contribution in [2.24, 2.45) is 11.7 Å². The lowest BCUT2D eigenvalue weighted by molar-refractivity contribution is -0.118. The first-order valence-corrected chi connectivity index (χ1v) is 12.2. The van der Waals surface area contributed by atoms with Crippen molar-refractivity contribution in [3.05, 3.63) is 59.5 Å². The van der Waals surface area contributed by atoms with Gasteiger partial charge in [-0.1, -0.05) is 6.07 Å². The van der Waals surface area contributed by atoms with Crippen molar-refractivity contribution < 1.29 is 18.7 Å². The Morgan fingerprint density at radius 2 is 2.06 bits per heavy atom. The van der Waals surface area contributed by atoms with Gasteiger partial charge in [0.05, 0.1) is 24.5 Å². The molecule has 1 aromatic heterocycles. The van der Waals surface area contributed by atoms with E-state index in [-0.39, 0.29) is 24.4 Å². The second-order valence-electron chi connectivity index (χ2n) is 9.50. The Morgan fingerprint density at radius 3 is 2.86 bits per heavy atom. The maximum atomic E-state index is 14.7. The van der Waals surface area contributed by atoms with Crippen molar-refractivity contribution in [2.45, 2.75) is 50.7 Å². The maximum Gasteiger partial charge on any atom is 0.262 e. The van der Waals surface area contributed by atoms with Crippen LogP contribution in [0.1, 0.15) is 36.8 Å². The van der Waals surface area contributed by atoms with Gasteiger partial charge in [-0.05, 0) is 73.9 Å². The molecule has 8 heteroatoms. The number of carbonyl (C=O) groups is 1. The third kappa shape index (κ3) is 5.23. The summed E-state index contributed by atoms with van der Waals surface area (Å²) < 4.78 is 25.5. The van der Waals surface area contributed by atoms with Gasteiger partial charge in [0.25, 0.3) is 5.91 Å². The van der Waals surface area contributed by atoms with E-state index in [1.165, 1.54) is 6.20 Å². The van der Waals surface area contributed by atoms with Gasteiger partial charge < -0.3 is 25.8 Å². The monoisotopic (exact) mass is 478 g/mol. The van der Waals surface area contributed by atoms with E-state index in [0.29, 0.717) is 35.4 Å². The molecule has 1 unspecified atom stereocenters. The summed E-state index contributed by atoms with van der Waals surface area (Å²) in [6, 6.07) is 11.7. The normalized spacial score (nSPS) is 20.6. The molecule has 7 nitrogen and oxygen atoms in total. The third-order valence-electron chi connectivity index (χ3n) is 7.22. The van der Waals surface area contributed by atoms with Crippen molar-refractivity contribution in [1.82, 2.24) is 10.3 Å². The van der Waals surface area contributed by atoms with Crippen LogP contribution in [-0.2, 0) is 17.8 Å². The fourth-order valence-electron chi connectivity index (χ4n) is 5.19. The fourth-order valence-corrected chi connectivity index (χ4v) is 5.19. The van der Waals surface area contributed by atoms with Gasteiger partial charge in [-0.15, -0.1) is 0 Å². The van der Waals surface area contributed by atoms with E-state index in [4.69, 9.17) is 15.2 Å². The lowest BCUT2D eigenvalue weighted by Crippen LogP contribution is -2.39. The molecule has 1 amide bonds. The molecule has 1 aliphatic carbocycles. The Balaban J connectivity index is 1.16. The first kappa shape index (κ1) is 23.5. The Kier molecular flexibility index (Phi) is 6.83. The summed E-state index contributed by atoms with van der Waals surface area (Å²) in [7, 11) is 1.60. The van der Waals surface area contributed by atoms with Gasteiger partial charge in [-0.3, -0.25) is 9.78 Å². The molecule has 2 aromatic carbocycles. The molecule has 184 valence electrons. The number of nitrogens with one attached hydrogen (secondary N) is 2. The summed E-state index contributed by atoms with van der Waals surface area (Å²) in [6.07, 6.45) is 5.81. The molecular weight excluding hydrogens is 447 g/mol. The number of amides is 1. The fraction of sp³-hybridized carbons (Fsp3) is 0.407. The zero-order valence-corrected chi connectivity index (χ0v) is 19.9. The van der Waals surface area contributed by atoms with Crippen LogP contribution in [0.25, 0.3) is 10.9 Å². The number of pyridine rings is 1. The van der Waals surface area contributed by atoms with Crippen molar-refractivity contribution in [1.29, 1.82) is 0 Å². The third-order valence-corrected chi connectivity index (χ3v) is 7.22. The number of carbonyl (C=O) groups excluding carboxylic acids is 1. The summed E-state index contributed by atoms with van der Waals surface area (Å²) in [5.74, 6) is 1.29. The number of anilines is 1. The van der Waals surface area contributed by atoms with E-state index in [1.807, 2.05) is 36.4 Å². The summed E-state index contributed by atoms with van der Waals surface area (Å²) in [4.78, 5) is 15.8. The maximum absolute atomic E-state index is 14.7. The van der Waals surface area contributed by atoms with E-state index in [9.17, 15) is 9.18 Å². The van der Waals surface area contributed by atoms with Gasteiger partial charge >= 0.3 is 0 Å². The minimum absolute atomic E-state index is 0.0637. The number of ether oxygens (including phenoxy) is 2. The van der Waals surface area contributed by atoms with Crippen LogP contribution in [0.5, 0.6) is 11.5 Å². The highest BCUT2D eigenvalue weighted by Crippen LogP contribution is 2.32. The number of aromatic nitrogens is 1. The van der Waals surface area contributed by atoms with Crippen LogP contribution in [-0.4, -0.2) is 36.7 Å². The number of hydrogen-bond donors (Lipinski definition) is 3. The van der Waals surface area contributed by atoms with Gasteiger partial charge in [0.2, 0.25) is 0 Å². The molecule has 5 rings (SSSR count). The minimum Gasteiger partial charge on any atom is -0.497 e. The van der Waals surface area contributed by atoms with Crippen molar-refractivity contribution in [3.8, 4) is 11.5 Å². The lowest BCUT2D eigenvalue weighted by atomic mass is 9.79. The molecule has 1 saturated carbocycles. The SMILES string of the molecule is COc1ccc2ncc(F)c(CC(N)C3CCC(NCc4ccc5c(c4)NC(=O)CO5)CC3)c2c1. The van der Waals surface area contributed by atoms with E-state index >= 15 is 0 Å². The average molecular weight is 479 g/mol. The molecule has 2 aliphatic rings. The van der Waals surface area contributed by atoms with Gasteiger partial charge in [0.15, 0.2) is 6.61 Å². The van der Waals surface area contributed by atoms with Crippen LogP contribution in [0.2, 0.25) is 0 Å². The number of halogens is 1. The van der Waals surface area contributed by atoms with Crippen LogP contribution in [0.3, 0.4) is 0 Å². The summed E-state index contributed by atoms with van der Waals surface area (Å²) in [5, 5.41) is 7.25. The molecule has 35 heavy (non-hydrogen) atoms. The minimum atomic E-state index is -0.316. The van der Waals surface area contributed by atoms with Crippen LogP contribution in [0, 0.1) is 11.7 Å². The molecule has 3 aromatic rings. The zero-order chi connectivity index (χ0) is 24.4. The Morgan fingerprint density at radius 1 is 1.23 bits per heavy atom. The highest BCUT2D eigenvalue weighted by Gasteiger charge is 2.27. The van der Waals surface area contributed by atoms with Crippen molar-refractivity contribution in [2.75, 3.05) is 19.0 Å².